The van der Waals surface area contributed by atoms with Crippen molar-refractivity contribution in [1.29, 1.82) is 5.26 Å². The van der Waals surface area contributed by atoms with Crippen LogP contribution in [0.1, 0.15) is 122 Å². The summed E-state index contributed by atoms with van der Waals surface area (Å²) in [5.41, 5.74) is 4.79. The zero-order valence-electron chi connectivity index (χ0n) is 34.8. The first kappa shape index (κ1) is 50.4. The van der Waals surface area contributed by atoms with Crippen molar-refractivity contribution < 1.29 is 14.2 Å². The van der Waals surface area contributed by atoms with Crippen LogP contribution in [0.5, 0.6) is 0 Å². The third-order valence-electron chi connectivity index (χ3n) is 4.92. The molecule has 2 rings (SSSR count). The van der Waals surface area contributed by atoms with E-state index in [0.29, 0.717) is 25.0 Å². The van der Waals surface area contributed by atoms with Crippen LogP contribution in [0, 0.1) is 63.2 Å². The first-order chi connectivity index (χ1) is 22.0. The molecule has 6 heteroatoms. The average molecular weight is 693 g/mol. The number of ether oxygens (including phenoxy) is 3. The molecule has 0 unspecified atom stereocenters. The Labute approximate surface area is 305 Å². The SMILES string of the molecule is C#CCOC(C)(C)C.CC(C)(C)C#Cc1ccccc1.CC(C)(C)CC#N.CC(C)(C)CC1=NCCO1.CC(C)(C)OCC#C[Si](C)(C)C. The van der Waals surface area contributed by atoms with Crippen LogP contribution >= 0.6 is 0 Å². The maximum absolute atomic E-state index is 8.15. The third kappa shape index (κ3) is 49.5. The number of aliphatic imine (C=N–C) groups is 1. The summed E-state index contributed by atoms with van der Waals surface area (Å²) < 4.78 is 15.9. The summed E-state index contributed by atoms with van der Waals surface area (Å²) in [6, 6.07) is 12.2. The van der Waals surface area contributed by atoms with Gasteiger partial charge in [-0.25, -0.2) is 0 Å². The quantitative estimate of drug-likeness (QED) is 0.234. The Bertz CT molecular complexity index is 1250. The van der Waals surface area contributed by atoms with Gasteiger partial charge in [-0.2, -0.15) is 5.26 Å². The van der Waals surface area contributed by atoms with Gasteiger partial charge in [0.25, 0.3) is 0 Å². The van der Waals surface area contributed by atoms with Gasteiger partial charge >= 0.3 is 0 Å². The van der Waals surface area contributed by atoms with E-state index in [1.165, 1.54) is 0 Å². The largest absolute Gasteiger partial charge is 0.479 e. The number of benzene rings is 1. The molecule has 0 atom stereocenters. The molecule has 0 radical (unpaired) electrons. The van der Waals surface area contributed by atoms with E-state index in [-0.39, 0.29) is 22.0 Å². The predicted molar refractivity (Wildman–Crippen MR) is 216 cm³/mol. The zero-order chi connectivity index (χ0) is 39.0. The van der Waals surface area contributed by atoms with Crippen molar-refractivity contribution in [3.63, 3.8) is 0 Å². The topological polar surface area (TPSA) is 63.8 Å². The molecule has 1 aromatic rings. The third-order valence-corrected chi connectivity index (χ3v) is 5.85. The van der Waals surface area contributed by atoms with Crippen molar-refractivity contribution in [2.24, 2.45) is 21.2 Å². The summed E-state index contributed by atoms with van der Waals surface area (Å²) in [4.78, 5) is 4.22. The molecule has 0 saturated heterocycles. The van der Waals surface area contributed by atoms with E-state index < -0.39 is 8.07 Å². The van der Waals surface area contributed by atoms with Gasteiger partial charge in [-0.05, 0) is 85.3 Å². The molecule has 49 heavy (non-hydrogen) atoms. The second-order valence-electron chi connectivity index (χ2n) is 18.2. The fourth-order valence-corrected chi connectivity index (χ4v) is 3.37. The standard InChI is InChI=1S/C12H14.C10H20OSi.C8H15NO.C7H12O.C6H11N/c1-12(2,3)10-9-11-7-5-4-6-8-11;1-10(2,3)11-8-7-9-12(4,5)6;1-8(2,3)6-7-9-4-5-10-7;1-5-6-8-7(2,3)4;1-6(2,3)4-5-7/h4-8H,1-3H3;8H2,1-6H3;4-6H2,1-3H3;1H,6H2,2-4H3;4H2,1-3H3. The Morgan fingerprint density at radius 3 is 1.61 bits per heavy atom. The van der Waals surface area contributed by atoms with E-state index in [9.17, 15) is 0 Å². The molecule has 1 aromatic carbocycles. The van der Waals surface area contributed by atoms with Crippen molar-refractivity contribution in [3.05, 3.63) is 35.9 Å². The van der Waals surface area contributed by atoms with E-state index >= 15 is 0 Å². The van der Waals surface area contributed by atoms with Gasteiger partial charge in [0.2, 0.25) is 0 Å². The van der Waals surface area contributed by atoms with E-state index in [1.807, 2.05) is 71.9 Å². The molecule has 0 fully saturated rings. The van der Waals surface area contributed by atoms with Crippen LogP contribution < -0.4 is 0 Å². The molecular weight excluding hydrogens is 621 g/mol. The monoisotopic (exact) mass is 693 g/mol. The first-order valence-corrected chi connectivity index (χ1v) is 20.8. The van der Waals surface area contributed by atoms with Crippen molar-refractivity contribution in [2.45, 2.75) is 148 Å². The minimum atomic E-state index is -1.19. The molecule has 1 aliphatic rings. The second kappa shape index (κ2) is 24.2. The Morgan fingerprint density at radius 1 is 0.796 bits per heavy atom. The Hall–Kier alpha value is -3.00. The number of nitriles is 1. The maximum Gasteiger partial charge on any atom is 0.183 e. The minimum Gasteiger partial charge on any atom is -0.479 e. The Kier molecular flexibility index (Phi) is 24.9. The highest BCUT2D eigenvalue weighted by Crippen LogP contribution is 2.20. The highest BCUT2D eigenvalue weighted by molar-refractivity contribution is 6.83. The van der Waals surface area contributed by atoms with Gasteiger partial charge in [-0.3, -0.25) is 4.99 Å². The van der Waals surface area contributed by atoms with Gasteiger partial charge in [-0.1, -0.05) is 103 Å². The summed E-state index contributed by atoms with van der Waals surface area (Å²) >= 11 is 0. The lowest BCUT2D eigenvalue weighted by Crippen LogP contribution is -2.20. The van der Waals surface area contributed by atoms with Gasteiger partial charge in [0.1, 0.15) is 27.9 Å². The normalized spacial score (nSPS) is 12.5. The lowest BCUT2D eigenvalue weighted by atomic mass is 9.92. The van der Waals surface area contributed by atoms with Crippen LogP contribution in [0.25, 0.3) is 0 Å². The first-order valence-electron chi connectivity index (χ1n) is 17.3. The van der Waals surface area contributed by atoms with E-state index in [1.54, 1.807) is 0 Å². The van der Waals surface area contributed by atoms with Crippen molar-refractivity contribution >= 4 is 14.0 Å². The van der Waals surface area contributed by atoms with Gasteiger partial charge in [-0.15, -0.1) is 12.0 Å². The van der Waals surface area contributed by atoms with Gasteiger partial charge < -0.3 is 14.2 Å². The number of hydrogen-bond donors (Lipinski definition) is 0. The highest BCUT2D eigenvalue weighted by atomic mass is 28.3. The van der Waals surface area contributed by atoms with Crippen LogP contribution in [0.15, 0.2) is 35.3 Å². The van der Waals surface area contributed by atoms with Crippen molar-refractivity contribution in [3.8, 4) is 41.7 Å². The smallest absolute Gasteiger partial charge is 0.183 e. The highest BCUT2D eigenvalue weighted by Gasteiger charge is 2.17. The molecule has 0 aromatic heterocycles. The number of nitrogens with zero attached hydrogens (tertiary/aromatic N) is 2. The maximum atomic E-state index is 8.15. The molecule has 0 N–H and O–H groups in total. The Balaban J connectivity index is -0.000000548. The van der Waals surface area contributed by atoms with E-state index in [2.05, 4.69) is 122 Å². The molecular formula is C43H72N2O3Si. The molecule has 0 spiro atoms. The number of hydrogen-bond acceptors (Lipinski definition) is 5. The fraction of sp³-hybridized carbons (Fsp3) is 0.674. The summed E-state index contributed by atoms with van der Waals surface area (Å²) in [6.07, 6.45) is 6.57. The predicted octanol–water partition coefficient (Wildman–Crippen LogP) is 11.0. The fourth-order valence-electron chi connectivity index (χ4n) is 2.77. The summed E-state index contributed by atoms with van der Waals surface area (Å²) in [5, 5.41) is 8.15. The van der Waals surface area contributed by atoms with Crippen LogP contribution in [-0.4, -0.2) is 51.5 Å². The molecule has 0 aliphatic carbocycles. The molecule has 0 amide bonds. The zero-order valence-corrected chi connectivity index (χ0v) is 35.8. The van der Waals surface area contributed by atoms with E-state index in [0.717, 1.165) is 31.0 Å². The summed E-state index contributed by atoms with van der Waals surface area (Å²) in [7, 11) is -1.19. The molecule has 1 heterocycles. The summed E-state index contributed by atoms with van der Waals surface area (Å²) in [6.45, 7) is 40.4. The average Bonchev–Trinajstić information content (AvgIpc) is 3.40. The van der Waals surface area contributed by atoms with Crippen molar-refractivity contribution in [2.75, 3.05) is 26.4 Å². The number of terminal acetylenes is 1. The molecule has 1 aliphatic heterocycles. The lowest BCUT2D eigenvalue weighted by Gasteiger charge is -2.17. The lowest BCUT2D eigenvalue weighted by molar-refractivity contribution is 0.0178. The van der Waals surface area contributed by atoms with Gasteiger partial charge in [0.15, 0.2) is 5.90 Å². The van der Waals surface area contributed by atoms with E-state index in [4.69, 9.17) is 25.9 Å². The molecule has 276 valence electrons. The van der Waals surface area contributed by atoms with Gasteiger partial charge in [0.05, 0.1) is 23.8 Å². The van der Waals surface area contributed by atoms with Crippen LogP contribution in [0.2, 0.25) is 19.6 Å². The van der Waals surface area contributed by atoms with Crippen LogP contribution in [-0.2, 0) is 14.2 Å². The Morgan fingerprint density at radius 2 is 1.31 bits per heavy atom. The second-order valence-corrected chi connectivity index (χ2v) is 22.9. The van der Waals surface area contributed by atoms with Crippen LogP contribution in [0.3, 0.4) is 0 Å². The molecule has 0 bridgehead atoms. The number of rotatable bonds is 3. The summed E-state index contributed by atoms with van der Waals surface area (Å²) in [5.74, 6) is 12.7. The molecule has 0 saturated carbocycles. The molecule has 5 nitrogen and oxygen atoms in total. The van der Waals surface area contributed by atoms with Crippen molar-refractivity contribution in [1.82, 2.24) is 0 Å². The van der Waals surface area contributed by atoms with Crippen LogP contribution in [0.4, 0.5) is 0 Å². The minimum absolute atomic E-state index is 0.0614. The van der Waals surface area contributed by atoms with Gasteiger partial charge in [0, 0.05) is 23.8 Å².